The molecule has 0 aromatic carbocycles. The Morgan fingerprint density at radius 2 is 1.78 bits per heavy atom. The van der Waals surface area contributed by atoms with Crippen LogP contribution in [0.25, 0.3) is 0 Å². The van der Waals surface area contributed by atoms with E-state index in [0.29, 0.717) is 12.2 Å². The molecule has 0 bridgehead atoms. The van der Waals surface area contributed by atoms with Crippen LogP contribution in [0.15, 0.2) is 0 Å². The Hall–Kier alpha value is -0.120. The van der Waals surface area contributed by atoms with Crippen molar-refractivity contribution in [1.29, 1.82) is 0 Å². The van der Waals surface area contributed by atoms with Crippen LogP contribution in [-0.2, 0) is 4.74 Å². The van der Waals surface area contributed by atoms with Crippen LogP contribution in [0.4, 0.5) is 0 Å². The third kappa shape index (κ3) is 1.93. The zero-order chi connectivity index (χ0) is 6.85. The highest BCUT2D eigenvalue weighted by Crippen LogP contribution is 2.05. The van der Waals surface area contributed by atoms with Gasteiger partial charge >= 0.3 is 0 Å². The second-order valence-electron chi connectivity index (χ2n) is 2.71. The van der Waals surface area contributed by atoms with Gasteiger partial charge in [0, 0.05) is 13.1 Å². The molecular formula is C6H14N2O. The van der Waals surface area contributed by atoms with Gasteiger partial charge in [-0.05, 0) is 13.8 Å². The summed E-state index contributed by atoms with van der Waals surface area (Å²) in [5.74, 6) is 5.57. The number of nitrogens with two attached hydrogens (primary N) is 1. The number of ether oxygens (including phenoxy) is 1. The van der Waals surface area contributed by atoms with E-state index in [1.165, 1.54) is 0 Å². The van der Waals surface area contributed by atoms with Gasteiger partial charge in [0.05, 0.1) is 12.2 Å². The molecule has 1 aliphatic rings. The molecule has 1 saturated heterocycles. The summed E-state index contributed by atoms with van der Waals surface area (Å²) < 4.78 is 5.43. The molecule has 1 rings (SSSR count). The van der Waals surface area contributed by atoms with Gasteiger partial charge in [-0.25, -0.2) is 5.01 Å². The molecule has 0 aromatic rings. The predicted octanol–water partition coefficient (Wildman–Crippen LogP) is -0.0307. The van der Waals surface area contributed by atoms with Crippen LogP contribution < -0.4 is 5.84 Å². The van der Waals surface area contributed by atoms with Gasteiger partial charge < -0.3 is 4.74 Å². The highest BCUT2D eigenvalue weighted by Gasteiger charge is 2.18. The number of nitrogens with zero attached hydrogens (tertiary/aromatic N) is 1. The Morgan fingerprint density at radius 1 is 1.33 bits per heavy atom. The Labute approximate surface area is 55.7 Å². The van der Waals surface area contributed by atoms with E-state index in [9.17, 15) is 0 Å². The zero-order valence-corrected chi connectivity index (χ0v) is 6.00. The molecule has 54 valence electrons. The molecule has 0 radical (unpaired) electrons. The van der Waals surface area contributed by atoms with Crippen molar-refractivity contribution >= 4 is 0 Å². The first-order valence-corrected chi connectivity index (χ1v) is 3.33. The van der Waals surface area contributed by atoms with Crippen molar-refractivity contribution in [2.24, 2.45) is 5.84 Å². The van der Waals surface area contributed by atoms with Crippen LogP contribution in [0.1, 0.15) is 13.8 Å². The minimum atomic E-state index is 0.291. The summed E-state index contributed by atoms with van der Waals surface area (Å²) in [6.45, 7) is 5.78. The van der Waals surface area contributed by atoms with Crippen molar-refractivity contribution in [2.75, 3.05) is 13.1 Å². The normalized spacial score (nSPS) is 39.0. The maximum atomic E-state index is 5.57. The fourth-order valence-electron chi connectivity index (χ4n) is 1.22. The summed E-state index contributed by atoms with van der Waals surface area (Å²) in [5, 5.41) is 1.80. The van der Waals surface area contributed by atoms with Crippen LogP contribution in [0.2, 0.25) is 0 Å². The van der Waals surface area contributed by atoms with Crippen LogP contribution in [0.3, 0.4) is 0 Å². The SMILES string of the molecule is C[C@H]1CN(N)C[C@H](C)O1. The molecule has 0 aromatic heterocycles. The molecule has 1 aliphatic heterocycles. The summed E-state index contributed by atoms with van der Waals surface area (Å²) in [6, 6.07) is 0. The topological polar surface area (TPSA) is 38.5 Å². The van der Waals surface area contributed by atoms with Gasteiger partial charge in [-0.1, -0.05) is 0 Å². The largest absolute Gasteiger partial charge is 0.373 e. The van der Waals surface area contributed by atoms with Crippen LogP contribution in [-0.4, -0.2) is 30.3 Å². The van der Waals surface area contributed by atoms with Gasteiger partial charge in [0.25, 0.3) is 0 Å². The first-order chi connectivity index (χ1) is 4.18. The van der Waals surface area contributed by atoms with Crippen LogP contribution >= 0.6 is 0 Å². The molecule has 3 nitrogen and oxygen atoms in total. The number of hydrogen-bond donors (Lipinski definition) is 1. The second kappa shape index (κ2) is 2.64. The van der Waals surface area contributed by atoms with Crippen molar-refractivity contribution in [3.05, 3.63) is 0 Å². The van der Waals surface area contributed by atoms with Gasteiger partial charge in [-0.15, -0.1) is 0 Å². The monoisotopic (exact) mass is 130 g/mol. The average molecular weight is 130 g/mol. The Kier molecular flexibility index (Phi) is 2.05. The van der Waals surface area contributed by atoms with Crippen LogP contribution in [0.5, 0.6) is 0 Å². The summed E-state index contributed by atoms with van der Waals surface area (Å²) in [4.78, 5) is 0. The summed E-state index contributed by atoms with van der Waals surface area (Å²) in [6.07, 6.45) is 0.581. The van der Waals surface area contributed by atoms with E-state index >= 15 is 0 Å². The lowest BCUT2D eigenvalue weighted by atomic mass is 10.3. The molecule has 0 unspecified atom stereocenters. The van der Waals surface area contributed by atoms with Gasteiger partial charge in [0.15, 0.2) is 0 Å². The Balaban J connectivity index is 2.34. The highest BCUT2D eigenvalue weighted by molar-refractivity contribution is 4.67. The zero-order valence-electron chi connectivity index (χ0n) is 6.00. The minimum Gasteiger partial charge on any atom is -0.373 e. The smallest absolute Gasteiger partial charge is 0.0692 e. The van der Waals surface area contributed by atoms with E-state index in [2.05, 4.69) is 0 Å². The predicted molar refractivity (Wildman–Crippen MR) is 35.8 cm³/mol. The molecule has 3 heteroatoms. The molecule has 1 heterocycles. The fraction of sp³-hybridized carbons (Fsp3) is 1.00. The van der Waals surface area contributed by atoms with Gasteiger partial charge in [0.1, 0.15) is 0 Å². The molecule has 0 aliphatic carbocycles. The lowest BCUT2D eigenvalue weighted by Gasteiger charge is -2.31. The van der Waals surface area contributed by atoms with E-state index in [1.807, 2.05) is 13.8 Å². The fourth-order valence-corrected chi connectivity index (χ4v) is 1.22. The van der Waals surface area contributed by atoms with Crippen molar-refractivity contribution in [2.45, 2.75) is 26.1 Å². The Bertz CT molecular complexity index is 72.0. The number of rotatable bonds is 0. The summed E-state index contributed by atoms with van der Waals surface area (Å²) in [7, 11) is 0. The third-order valence-corrected chi connectivity index (χ3v) is 1.45. The molecule has 0 spiro atoms. The first-order valence-electron chi connectivity index (χ1n) is 3.33. The molecule has 2 atom stereocenters. The number of hydrogen-bond acceptors (Lipinski definition) is 3. The lowest BCUT2D eigenvalue weighted by molar-refractivity contribution is -0.0684. The molecule has 0 saturated carbocycles. The third-order valence-electron chi connectivity index (χ3n) is 1.45. The van der Waals surface area contributed by atoms with E-state index in [-0.39, 0.29) is 0 Å². The van der Waals surface area contributed by atoms with E-state index in [1.54, 1.807) is 5.01 Å². The van der Waals surface area contributed by atoms with E-state index in [4.69, 9.17) is 10.6 Å². The van der Waals surface area contributed by atoms with Crippen LogP contribution in [0, 0.1) is 0 Å². The molecule has 2 N–H and O–H groups in total. The molecule has 1 fully saturated rings. The molecule has 9 heavy (non-hydrogen) atoms. The molecule has 0 amide bonds. The average Bonchev–Trinajstić information content (AvgIpc) is 1.59. The van der Waals surface area contributed by atoms with Gasteiger partial charge in [-0.2, -0.15) is 0 Å². The van der Waals surface area contributed by atoms with Crippen molar-refractivity contribution < 1.29 is 4.74 Å². The highest BCUT2D eigenvalue weighted by atomic mass is 16.5. The second-order valence-corrected chi connectivity index (χ2v) is 2.71. The quantitative estimate of drug-likeness (QED) is 0.468. The molecular weight excluding hydrogens is 116 g/mol. The minimum absolute atomic E-state index is 0.291. The van der Waals surface area contributed by atoms with Crippen molar-refractivity contribution in [3.63, 3.8) is 0 Å². The summed E-state index contributed by atoms with van der Waals surface area (Å²) in [5.41, 5.74) is 0. The standard InChI is InChI=1S/C6H14N2O/c1-5-3-8(7)4-6(2)9-5/h5-6H,3-4,7H2,1-2H3/t5-,6-/m0/s1. The van der Waals surface area contributed by atoms with E-state index < -0.39 is 0 Å². The number of morpholine rings is 1. The lowest BCUT2D eigenvalue weighted by Crippen LogP contribution is -2.48. The van der Waals surface area contributed by atoms with Gasteiger partial charge in [0.2, 0.25) is 0 Å². The van der Waals surface area contributed by atoms with Gasteiger partial charge in [-0.3, -0.25) is 5.84 Å². The summed E-state index contributed by atoms with van der Waals surface area (Å²) >= 11 is 0. The van der Waals surface area contributed by atoms with E-state index in [0.717, 1.165) is 13.1 Å². The maximum Gasteiger partial charge on any atom is 0.0692 e. The first kappa shape index (κ1) is 6.99. The van der Waals surface area contributed by atoms with Crippen molar-refractivity contribution in [3.8, 4) is 0 Å². The maximum absolute atomic E-state index is 5.57. The number of hydrazine groups is 1. The van der Waals surface area contributed by atoms with Crippen molar-refractivity contribution in [1.82, 2.24) is 5.01 Å². The Morgan fingerprint density at radius 3 is 2.11 bits per heavy atom.